The number of carbonyl (C=O) groups excluding carboxylic acids is 1. The van der Waals surface area contributed by atoms with E-state index in [0.29, 0.717) is 6.42 Å². The maximum absolute atomic E-state index is 10.4. The number of hydrogen-bond acceptors (Lipinski definition) is 1. The zero-order valence-corrected chi connectivity index (χ0v) is 9.60. The topological polar surface area (TPSA) is 17.1 Å². The van der Waals surface area contributed by atoms with Crippen LogP contribution in [-0.2, 0) is 11.2 Å². The van der Waals surface area contributed by atoms with Gasteiger partial charge in [0.15, 0.2) is 0 Å². The molecule has 0 aliphatic rings. The molecule has 0 bridgehead atoms. The van der Waals surface area contributed by atoms with Gasteiger partial charge in [0.05, 0.1) is 5.38 Å². The van der Waals surface area contributed by atoms with Crippen LogP contribution >= 0.6 is 27.5 Å². The average Bonchev–Trinajstić information content (AvgIpc) is 2.13. The fourth-order valence-corrected chi connectivity index (χ4v) is 1.70. The van der Waals surface area contributed by atoms with Gasteiger partial charge in [-0.1, -0.05) is 28.1 Å². The van der Waals surface area contributed by atoms with Crippen LogP contribution in [0, 0.1) is 6.92 Å². The predicted octanol–water partition coefficient (Wildman–Crippen LogP) is 3.11. The number of benzene rings is 1. The second kappa shape index (κ2) is 4.77. The molecule has 0 aromatic heterocycles. The van der Waals surface area contributed by atoms with Gasteiger partial charge in [-0.05, 0) is 30.5 Å². The molecule has 0 amide bonds. The summed E-state index contributed by atoms with van der Waals surface area (Å²) in [5.74, 6) is 0. The van der Waals surface area contributed by atoms with Gasteiger partial charge in [0, 0.05) is 4.47 Å². The van der Waals surface area contributed by atoms with E-state index in [1.165, 1.54) is 0 Å². The Bertz CT molecular complexity index is 312. The summed E-state index contributed by atoms with van der Waals surface area (Å²) in [5.41, 5.74) is 2.26. The summed E-state index contributed by atoms with van der Waals surface area (Å²) >= 11 is 9.17. The van der Waals surface area contributed by atoms with Crippen molar-refractivity contribution >= 4 is 33.8 Å². The molecular formula is C10H10BrClO. The molecule has 0 heterocycles. The summed E-state index contributed by atoms with van der Waals surface area (Å²) < 4.78 is 1.06. The highest BCUT2D eigenvalue weighted by Crippen LogP contribution is 2.21. The van der Waals surface area contributed by atoms with Crippen molar-refractivity contribution in [2.24, 2.45) is 0 Å². The Balaban J connectivity index is 2.88. The van der Waals surface area contributed by atoms with Crippen molar-refractivity contribution in [1.82, 2.24) is 0 Å². The summed E-state index contributed by atoms with van der Waals surface area (Å²) in [7, 11) is 0. The van der Waals surface area contributed by atoms with Crippen LogP contribution in [0.1, 0.15) is 11.1 Å². The fraction of sp³-hybridized carbons (Fsp3) is 0.300. The number of carbonyl (C=O) groups is 1. The molecule has 0 fully saturated rings. The third kappa shape index (κ3) is 2.82. The lowest BCUT2D eigenvalue weighted by atomic mass is 10.0. The van der Waals surface area contributed by atoms with Gasteiger partial charge < -0.3 is 4.79 Å². The molecule has 0 N–H and O–H groups in total. The van der Waals surface area contributed by atoms with E-state index >= 15 is 0 Å². The Morgan fingerprint density at radius 2 is 2.31 bits per heavy atom. The minimum Gasteiger partial charge on any atom is -0.302 e. The standard InChI is InChI=1S/C10H10BrClO/c1-7-8(5-9(12)6-13)3-2-4-10(7)11/h2-4,6,9H,5H2,1H3. The average molecular weight is 262 g/mol. The Morgan fingerprint density at radius 3 is 2.92 bits per heavy atom. The van der Waals surface area contributed by atoms with Crippen LogP contribution in [0.4, 0.5) is 0 Å². The van der Waals surface area contributed by atoms with E-state index in [1.54, 1.807) is 0 Å². The molecule has 0 radical (unpaired) electrons. The Morgan fingerprint density at radius 1 is 1.62 bits per heavy atom. The van der Waals surface area contributed by atoms with Crippen molar-refractivity contribution in [3.8, 4) is 0 Å². The molecule has 1 nitrogen and oxygen atoms in total. The molecule has 70 valence electrons. The van der Waals surface area contributed by atoms with Gasteiger partial charge >= 0.3 is 0 Å². The normalized spacial score (nSPS) is 12.5. The van der Waals surface area contributed by atoms with Crippen molar-refractivity contribution < 1.29 is 4.79 Å². The van der Waals surface area contributed by atoms with Crippen LogP contribution in [0.25, 0.3) is 0 Å². The van der Waals surface area contributed by atoms with Crippen LogP contribution in [-0.4, -0.2) is 11.7 Å². The predicted molar refractivity (Wildman–Crippen MR) is 58.3 cm³/mol. The molecule has 1 atom stereocenters. The Hall–Kier alpha value is -0.340. The molecule has 13 heavy (non-hydrogen) atoms. The van der Waals surface area contributed by atoms with Crippen LogP contribution in [0.3, 0.4) is 0 Å². The first-order chi connectivity index (χ1) is 6.15. The van der Waals surface area contributed by atoms with Gasteiger partial charge in [-0.2, -0.15) is 0 Å². The summed E-state index contributed by atoms with van der Waals surface area (Å²) in [6, 6.07) is 5.91. The molecule has 1 unspecified atom stereocenters. The molecule has 0 aliphatic carbocycles. The van der Waals surface area contributed by atoms with E-state index in [1.807, 2.05) is 25.1 Å². The minimum absolute atomic E-state index is 0.423. The fourth-order valence-electron chi connectivity index (χ4n) is 1.13. The largest absolute Gasteiger partial charge is 0.302 e. The molecule has 3 heteroatoms. The van der Waals surface area contributed by atoms with Crippen molar-refractivity contribution in [3.05, 3.63) is 33.8 Å². The minimum atomic E-state index is -0.423. The summed E-state index contributed by atoms with van der Waals surface area (Å²) in [4.78, 5) is 10.4. The number of aldehydes is 1. The molecule has 0 aliphatic heterocycles. The summed E-state index contributed by atoms with van der Waals surface area (Å²) in [6.45, 7) is 2.01. The quantitative estimate of drug-likeness (QED) is 0.603. The van der Waals surface area contributed by atoms with E-state index in [2.05, 4.69) is 15.9 Å². The lowest BCUT2D eigenvalue weighted by molar-refractivity contribution is -0.107. The maximum Gasteiger partial charge on any atom is 0.138 e. The first-order valence-electron chi connectivity index (χ1n) is 3.98. The SMILES string of the molecule is Cc1c(Br)cccc1CC(Cl)C=O. The van der Waals surface area contributed by atoms with E-state index in [4.69, 9.17) is 11.6 Å². The van der Waals surface area contributed by atoms with Gasteiger partial charge in [0.1, 0.15) is 6.29 Å². The van der Waals surface area contributed by atoms with E-state index in [-0.39, 0.29) is 0 Å². The number of rotatable bonds is 3. The van der Waals surface area contributed by atoms with Gasteiger partial charge in [-0.3, -0.25) is 0 Å². The molecule has 1 aromatic rings. The third-order valence-corrected chi connectivity index (χ3v) is 3.06. The Kier molecular flexibility index (Phi) is 3.94. The van der Waals surface area contributed by atoms with Crippen molar-refractivity contribution in [1.29, 1.82) is 0 Å². The second-order valence-electron chi connectivity index (χ2n) is 2.88. The monoisotopic (exact) mass is 260 g/mol. The molecule has 0 saturated carbocycles. The van der Waals surface area contributed by atoms with Crippen LogP contribution in [0.5, 0.6) is 0 Å². The highest BCUT2D eigenvalue weighted by molar-refractivity contribution is 9.10. The number of alkyl halides is 1. The van der Waals surface area contributed by atoms with Gasteiger partial charge in [-0.25, -0.2) is 0 Å². The Labute approximate surface area is 91.2 Å². The zero-order valence-electron chi connectivity index (χ0n) is 7.26. The lowest BCUT2D eigenvalue weighted by Crippen LogP contribution is -2.05. The van der Waals surface area contributed by atoms with Gasteiger partial charge in [0.25, 0.3) is 0 Å². The number of halogens is 2. The molecular weight excluding hydrogens is 251 g/mol. The molecule has 1 aromatic carbocycles. The highest BCUT2D eigenvalue weighted by Gasteiger charge is 2.07. The second-order valence-corrected chi connectivity index (χ2v) is 4.30. The molecule has 0 saturated heterocycles. The zero-order chi connectivity index (χ0) is 9.84. The van der Waals surface area contributed by atoms with Crippen LogP contribution in [0.2, 0.25) is 0 Å². The molecule has 0 spiro atoms. The van der Waals surface area contributed by atoms with E-state index in [0.717, 1.165) is 21.9 Å². The summed E-state index contributed by atoms with van der Waals surface area (Å²) in [5, 5.41) is -0.423. The first kappa shape index (κ1) is 10.7. The first-order valence-corrected chi connectivity index (χ1v) is 5.21. The third-order valence-electron chi connectivity index (χ3n) is 1.94. The van der Waals surface area contributed by atoms with Gasteiger partial charge in [-0.15, -0.1) is 11.6 Å². The smallest absolute Gasteiger partial charge is 0.138 e. The van der Waals surface area contributed by atoms with E-state index < -0.39 is 5.38 Å². The van der Waals surface area contributed by atoms with Gasteiger partial charge in [0.2, 0.25) is 0 Å². The van der Waals surface area contributed by atoms with Crippen molar-refractivity contribution in [2.45, 2.75) is 18.7 Å². The lowest BCUT2D eigenvalue weighted by Gasteiger charge is -2.07. The van der Waals surface area contributed by atoms with Crippen molar-refractivity contribution in [2.75, 3.05) is 0 Å². The van der Waals surface area contributed by atoms with Crippen LogP contribution < -0.4 is 0 Å². The highest BCUT2D eigenvalue weighted by atomic mass is 79.9. The number of hydrogen-bond donors (Lipinski definition) is 0. The van der Waals surface area contributed by atoms with Crippen LogP contribution in [0.15, 0.2) is 22.7 Å². The van der Waals surface area contributed by atoms with E-state index in [9.17, 15) is 4.79 Å². The van der Waals surface area contributed by atoms with Crippen molar-refractivity contribution in [3.63, 3.8) is 0 Å². The summed E-state index contributed by atoms with van der Waals surface area (Å²) in [6.07, 6.45) is 1.36. The molecule has 1 rings (SSSR count). The maximum atomic E-state index is 10.4.